The fourth-order valence-corrected chi connectivity index (χ4v) is 1.15. The molecule has 0 fully saturated rings. The van der Waals surface area contributed by atoms with Gasteiger partial charge in [-0.25, -0.2) is 4.39 Å². The summed E-state index contributed by atoms with van der Waals surface area (Å²) in [7, 11) is 0. The lowest BCUT2D eigenvalue weighted by Gasteiger charge is -2.10. The Morgan fingerprint density at radius 2 is 2.12 bits per heavy atom. The van der Waals surface area contributed by atoms with Crippen molar-refractivity contribution in [1.29, 1.82) is 5.26 Å². The summed E-state index contributed by atoms with van der Waals surface area (Å²) in [6.45, 7) is -3.03. The molecule has 1 aromatic rings. The molecule has 1 rings (SSSR count). The minimum absolute atomic E-state index is 0.122. The first-order chi connectivity index (χ1) is 7.54. The highest BCUT2D eigenvalue weighted by molar-refractivity contribution is 5.30. The summed E-state index contributed by atoms with van der Waals surface area (Å²) in [6.07, 6.45) is -1.54. The number of benzene rings is 1. The Morgan fingerprint density at radius 1 is 1.44 bits per heavy atom. The van der Waals surface area contributed by atoms with Gasteiger partial charge in [0.05, 0.1) is 18.6 Å². The van der Waals surface area contributed by atoms with E-state index < -0.39 is 18.5 Å². The third-order valence-electron chi connectivity index (χ3n) is 1.84. The predicted molar refractivity (Wildman–Crippen MR) is 48.2 cm³/mol. The minimum atomic E-state index is -3.03. The minimum Gasteiger partial charge on any atom is -0.435 e. The van der Waals surface area contributed by atoms with Crippen LogP contribution in [0.2, 0.25) is 0 Å². The van der Waals surface area contributed by atoms with E-state index in [2.05, 4.69) is 4.74 Å². The van der Waals surface area contributed by atoms with Gasteiger partial charge in [-0.3, -0.25) is 0 Å². The molecular formula is C10H8F3NO2. The van der Waals surface area contributed by atoms with E-state index >= 15 is 0 Å². The number of nitrogens with zero attached hydrogens (tertiary/aromatic N) is 1. The Balaban J connectivity index is 2.87. The van der Waals surface area contributed by atoms with Crippen LogP contribution in [0.25, 0.3) is 0 Å². The summed E-state index contributed by atoms with van der Waals surface area (Å²) in [4.78, 5) is 0. The number of nitriles is 1. The third kappa shape index (κ3) is 3.14. The summed E-state index contributed by atoms with van der Waals surface area (Å²) in [5, 5.41) is 17.6. The van der Waals surface area contributed by atoms with Gasteiger partial charge < -0.3 is 9.84 Å². The fraction of sp³-hybridized carbons (Fsp3) is 0.300. The molecule has 16 heavy (non-hydrogen) atoms. The van der Waals surface area contributed by atoms with Crippen molar-refractivity contribution in [2.45, 2.75) is 19.1 Å². The lowest BCUT2D eigenvalue weighted by atomic mass is 10.1. The average Bonchev–Trinajstić information content (AvgIpc) is 2.16. The Kier molecular flexibility index (Phi) is 4.14. The van der Waals surface area contributed by atoms with Crippen molar-refractivity contribution >= 4 is 0 Å². The SMILES string of the molecule is N#CCC(O)c1ccc(OC(F)F)cc1F. The molecular weight excluding hydrogens is 223 g/mol. The van der Waals surface area contributed by atoms with Crippen LogP contribution in [0.15, 0.2) is 18.2 Å². The highest BCUT2D eigenvalue weighted by atomic mass is 19.3. The highest BCUT2D eigenvalue weighted by Crippen LogP contribution is 2.24. The number of halogens is 3. The molecule has 6 heteroatoms. The number of rotatable bonds is 4. The maximum absolute atomic E-state index is 13.3. The van der Waals surface area contributed by atoms with Gasteiger partial charge in [-0.05, 0) is 12.1 Å². The van der Waals surface area contributed by atoms with Crippen molar-refractivity contribution in [2.75, 3.05) is 0 Å². The Morgan fingerprint density at radius 3 is 2.62 bits per heavy atom. The smallest absolute Gasteiger partial charge is 0.387 e. The van der Waals surface area contributed by atoms with Crippen LogP contribution >= 0.6 is 0 Å². The van der Waals surface area contributed by atoms with Crippen molar-refractivity contribution in [3.8, 4) is 11.8 Å². The van der Waals surface area contributed by atoms with Crippen LogP contribution in [0.4, 0.5) is 13.2 Å². The molecule has 0 aromatic heterocycles. The van der Waals surface area contributed by atoms with Crippen LogP contribution in [0.5, 0.6) is 5.75 Å². The molecule has 0 saturated heterocycles. The number of hydrogen-bond acceptors (Lipinski definition) is 3. The van der Waals surface area contributed by atoms with Crippen LogP contribution in [0.1, 0.15) is 18.1 Å². The van der Waals surface area contributed by atoms with Crippen LogP contribution in [0.3, 0.4) is 0 Å². The Labute approximate surface area is 89.7 Å². The number of alkyl halides is 2. The van der Waals surface area contributed by atoms with Crippen molar-refractivity contribution in [2.24, 2.45) is 0 Å². The van der Waals surface area contributed by atoms with Crippen LogP contribution in [-0.4, -0.2) is 11.7 Å². The average molecular weight is 231 g/mol. The standard InChI is InChI=1S/C10H8F3NO2/c11-8-5-6(16-10(12)13)1-2-7(8)9(15)3-4-14/h1-2,5,9-10,15H,3H2. The fourth-order valence-electron chi connectivity index (χ4n) is 1.15. The second-order valence-corrected chi connectivity index (χ2v) is 2.94. The zero-order valence-corrected chi connectivity index (χ0v) is 8.03. The van der Waals surface area contributed by atoms with E-state index in [1.165, 1.54) is 0 Å². The molecule has 0 aliphatic heterocycles. The van der Waals surface area contributed by atoms with E-state index in [0.29, 0.717) is 0 Å². The van der Waals surface area contributed by atoms with Crippen molar-refractivity contribution in [1.82, 2.24) is 0 Å². The predicted octanol–water partition coefficient (Wildman–Crippen LogP) is 2.37. The van der Waals surface area contributed by atoms with E-state index in [4.69, 9.17) is 5.26 Å². The zero-order chi connectivity index (χ0) is 12.1. The van der Waals surface area contributed by atoms with Gasteiger partial charge in [0, 0.05) is 11.6 Å². The van der Waals surface area contributed by atoms with E-state index in [-0.39, 0.29) is 17.7 Å². The van der Waals surface area contributed by atoms with Crippen LogP contribution in [0, 0.1) is 17.1 Å². The molecule has 1 N–H and O–H groups in total. The molecule has 0 aliphatic carbocycles. The molecule has 1 atom stereocenters. The first kappa shape index (κ1) is 12.3. The second-order valence-electron chi connectivity index (χ2n) is 2.94. The summed E-state index contributed by atoms with van der Waals surface area (Å²) in [5.41, 5.74) is -0.122. The van der Waals surface area contributed by atoms with Gasteiger partial charge in [0.2, 0.25) is 0 Å². The van der Waals surface area contributed by atoms with Gasteiger partial charge in [0.25, 0.3) is 0 Å². The maximum Gasteiger partial charge on any atom is 0.387 e. The second kappa shape index (κ2) is 5.37. The number of aliphatic hydroxyl groups excluding tert-OH is 1. The molecule has 0 heterocycles. The Hall–Kier alpha value is -1.74. The molecule has 3 nitrogen and oxygen atoms in total. The zero-order valence-electron chi connectivity index (χ0n) is 8.03. The molecule has 0 radical (unpaired) electrons. The maximum atomic E-state index is 13.3. The Bertz CT molecular complexity index is 404. The molecule has 0 aliphatic rings. The highest BCUT2D eigenvalue weighted by Gasteiger charge is 2.14. The van der Waals surface area contributed by atoms with Gasteiger partial charge in [-0.1, -0.05) is 0 Å². The summed E-state index contributed by atoms with van der Waals surface area (Å²) < 4.78 is 40.8. The molecule has 1 aromatic carbocycles. The van der Waals surface area contributed by atoms with Gasteiger partial charge in [0.1, 0.15) is 11.6 Å². The molecule has 0 bridgehead atoms. The van der Waals surface area contributed by atoms with Crippen molar-refractivity contribution in [3.05, 3.63) is 29.6 Å². The van der Waals surface area contributed by atoms with Crippen LogP contribution in [-0.2, 0) is 0 Å². The lowest BCUT2D eigenvalue weighted by Crippen LogP contribution is -2.04. The topological polar surface area (TPSA) is 53.2 Å². The van der Waals surface area contributed by atoms with E-state index in [1.54, 1.807) is 6.07 Å². The van der Waals surface area contributed by atoms with Crippen LogP contribution < -0.4 is 4.74 Å². The summed E-state index contributed by atoms with van der Waals surface area (Å²) in [6, 6.07) is 4.62. The van der Waals surface area contributed by atoms with Gasteiger partial charge in [-0.15, -0.1) is 0 Å². The molecule has 1 unspecified atom stereocenters. The third-order valence-corrected chi connectivity index (χ3v) is 1.84. The summed E-state index contributed by atoms with van der Waals surface area (Å²) in [5.74, 6) is -1.22. The van der Waals surface area contributed by atoms with Gasteiger partial charge >= 0.3 is 6.61 Å². The van der Waals surface area contributed by atoms with Crippen molar-refractivity contribution < 1.29 is 23.0 Å². The quantitative estimate of drug-likeness (QED) is 0.865. The van der Waals surface area contributed by atoms with E-state index in [9.17, 15) is 18.3 Å². The molecule has 0 spiro atoms. The molecule has 0 amide bonds. The van der Waals surface area contributed by atoms with E-state index in [0.717, 1.165) is 18.2 Å². The number of aliphatic hydroxyl groups is 1. The number of ether oxygens (including phenoxy) is 1. The normalized spacial score (nSPS) is 12.2. The molecule has 0 saturated carbocycles. The van der Waals surface area contributed by atoms with Gasteiger partial charge in [0.15, 0.2) is 0 Å². The van der Waals surface area contributed by atoms with E-state index in [1.807, 2.05) is 0 Å². The van der Waals surface area contributed by atoms with Gasteiger partial charge in [-0.2, -0.15) is 14.0 Å². The molecule has 86 valence electrons. The largest absolute Gasteiger partial charge is 0.435 e. The monoisotopic (exact) mass is 231 g/mol. The number of hydrogen-bond donors (Lipinski definition) is 1. The summed E-state index contributed by atoms with van der Waals surface area (Å²) >= 11 is 0. The lowest BCUT2D eigenvalue weighted by molar-refractivity contribution is -0.0500. The first-order valence-electron chi connectivity index (χ1n) is 4.34. The first-order valence-corrected chi connectivity index (χ1v) is 4.34. The van der Waals surface area contributed by atoms with Crippen molar-refractivity contribution in [3.63, 3.8) is 0 Å².